The molecular formula is C15H20N2S2. The summed E-state index contributed by atoms with van der Waals surface area (Å²) >= 11 is 3.63. The Morgan fingerprint density at radius 2 is 1.84 bits per heavy atom. The van der Waals surface area contributed by atoms with Gasteiger partial charge in [0.15, 0.2) is 0 Å². The SMILES string of the molecule is CSc1ccc(SCCC2(C#N)CCNCC2)cc1. The Hall–Kier alpha value is -0.630. The quantitative estimate of drug-likeness (QED) is 0.838. The maximum absolute atomic E-state index is 9.42. The van der Waals surface area contributed by atoms with Gasteiger partial charge in [-0.3, -0.25) is 0 Å². The van der Waals surface area contributed by atoms with Crippen molar-refractivity contribution >= 4 is 23.5 Å². The Morgan fingerprint density at radius 1 is 1.21 bits per heavy atom. The molecule has 4 heteroatoms. The third-order valence-corrected chi connectivity index (χ3v) is 5.46. The van der Waals surface area contributed by atoms with Crippen LogP contribution in [0.4, 0.5) is 0 Å². The summed E-state index contributed by atoms with van der Waals surface area (Å²) in [5.74, 6) is 1.03. The average Bonchev–Trinajstić information content (AvgIpc) is 2.49. The van der Waals surface area contributed by atoms with Crippen LogP contribution in [0.25, 0.3) is 0 Å². The molecule has 0 aliphatic carbocycles. The van der Waals surface area contributed by atoms with E-state index in [1.165, 1.54) is 9.79 Å². The van der Waals surface area contributed by atoms with E-state index in [1.807, 2.05) is 11.8 Å². The van der Waals surface area contributed by atoms with Crippen LogP contribution >= 0.6 is 23.5 Å². The molecular weight excluding hydrogens is 272 g/mol. The number of thioether (sulfide) groups is 2. The number of nitriles is 1. The Balaban J connectivity index is 1.83. The highest BCUT2D eigenvalue weighted by atomic mass is 32.2. The van der Waals surface area contributed by atoms with Gasteiger partial charge in [-0.05, 0) is 68.6 Å². The van der Waals surface area contributed by atoms with E-state index in [1.54, 1.807) is 11.8 Å². The predicted octanol–water partition coefficient (Wildman–Crippen LogP) is 3.78. The normalized spacial score (nSPS) is 17.9. The Morgan fingerprint density at radius 3 is 2.42 bits per heavy atom. The fourth-order valence-corrected chi connectivity index (χ4v) is 3.82. The van der Waals surface area contributed by atoms with E-state index in [0.29, 0.717) is 0 Å². The standard InChI is InChI=1S/C15H20N2S2/c1-18-13-2-4-14(5-3-13)19-11-8-15(12-16)6-9-17-10-7-15/h2-5,17H,6-11H2,1H3. The maximum atomic E-state index is 9.42. The topological polar surface area (TPSA) is 35.8 Å². The molecule has 19 heavy (non-hydrogen) atoms. The summed E-state index contributed by atoms with van der Waals surface area (Å²) < 4.78 is 0. The molecule has 1 aliphatic rings. The molecule has 1 aliphatic heterocycles. The van der Waals surface area contributed by atoms with Crippen LogP contribution in [0, 0.1) is 16.7 Å². The molecule has 1 N–H and O–H groups in total. The molecule has 0 atom stereocenters. The van der Waals surface area contributed by atoms with Crippen LogP contribution in [-0.2, 0) is 0 Å². The minimum absolute atomic E-state index is 0.0859. The maximum Gasteiger partial charge on any atom is 0.0691 e. The van der Waals surface area contributed by atoms with E-state index in [0.717, 1.165) is 38.1 Å². The molecule has 0 radical (unpaired) electrons. The van der Waals surface area contributed by atoms with Crippen LogP contribution in [0.1, 0.15) is 19.3 Å². The molecule has 1 fully saturated rings. The van der Waals surface area contributed by atoms with Crippen molar-refractivity contribution in [3.8, 4) is 6.07 Å². The van der Waals surface area contributed by atoms with E-state index in [9.17, 15) is 5.26 Å². The lowest BCUT2D eigenvalue weighted by molar-refractivity contribution is 0.275. The zero-order valence-corrected chi connectivity index (χ0v) is 12.9. The van der Waals surface area contributed by atoms with Gasteiger partial charge in [0.1, 0.15) is 0 Å². The summed E-state index contributed by atoms with van der Waals surface area (Å²) in [5, 5.41) is 12.8. The fraction of sp³-hybridized carbons (Fsp3) is 0.533. The summed E-state index contributed by atoms with van der Waals surface area (Å²) in [5.41, 5.74) is -0.0859. The summed E-state index contributed by atoms with van der Waals surface area (Å²) in [6.45, 7) is 1.97. The summed E-state index contributed by atoms with van der Waals surface area (Å²) in [4.78, 5) is 2.61. The molecule has 2 rings (SSSR count). The van der Waals surface area contributed by atoms with Crippen LogP contribution in [0.2, 0.25) is 0 Å². The first kappa shape index (κ1) is 14.8. The van der Waals surface area contributed by atoms with E-state index in [4.69, 9.17) is 0 Å². The van der Waals surface area contributed by atoms with Crippen LogP contribution in [-0.4, -0.2) is 25.1 Å². The third kappa shape index (κ3) is 4.17. The predicted molar refractivity (Wildman–Crippen MR) is 83.7 cm³/mol. The zero-order valence-electron chi connectivity index (χ0n) is 11.3. The molecule has 0 bridgehead atoms. The van der Waals surface area contributed by atoms with Crippen molar-refractivity contribution in [1.82, 2.24) is 5.32 Å². The van der Waals surface area contributed by atoms with Crippen molar-refractivity contribution in [2.24, 2.45) is 5.41 Å². The summed E-state index contributed by atoms with van der Waals surface area (Å²) in [6.07, 6.45) is 5.08. The van der Waals surface area contributed by atoms with Crippen molar-refractivity contribution in [1.29, 1.82) is 5.26 Å². The lowest BCUT2D eigenvalue weighted by Crippen LogP contribution is -2.36. The van der Waals surface area contributed by atoms with Crippen LogP contribution in [0.3, 0.4) is 0 Å². The highest BCUT2D eigenvalue weighted by Gasteiger charge is 2.31. The minimum atomic E-state index is -0.0859. The number of benzene rings is 1. The van der Waals surface area contributed by atoms with E-state index in [2.05, 4.69) is 41.9 Å². The number of hydrogen-bond acceptors (Lipinski definition) is 4. The molecule has 0 spiro atoms. The van der Waals surface area contributed by atoms with Gasteiger partial charge in [0.2, 0.25) is 0 Å². The second-order valence-corrected chi connectivity index (χ2v) is 6.96. The van der Waals surface area contributed by atoms with Gasteiger partial charge in [-0.1, -0.05) is 0 Å². The van der Waals surface area contributed by atoms with Gasteiger partial charge in [0.25, 0.3) is 0 Å². The van der Waals surface area contributed by atoms with Gasteiger partial charge in [-0.25, -0.2) is 0 Å². The molecule has 1 aromatic carbocycles. The Kier molecular flexibility index (Phi) is 5.62. The number of nitrogens with zero attached hydrogens (tertiary/aromatic N) is 1. The Labute approximate surface area is 124 Å². The first-order chi connectivity index (χ1) is 9.28. The lowest BCUT2D eigenvalue weighted by Gasteiger charge is -2.31. The average molecular weight is 292 g/mol. The first-order valence-corrected chi connectivity index (χ1v) is 8.88. The number of piperidine rings is 1. The summed E-state index contributed by atoms with van der Waals surface area (Å²) in [6, 6.07) is 11.3. The monoisotopic (exact) mass is 292 g/mol. The Bertz CT molecular complexity index is 430. The van der Waals surface area contributed by atoms with E-state index >= 15 is 0 Å². The van der Waals surface area contributed by atoms with Crippen molar-refractivity contribution in [2.75, 3.05) is 25.1 Å². The van der Waals surface area contributed by atoms with Gasteiger partial charge < -0.3 is 5.32 Å². The molecule has 2 nitrogen and oxygen atoms in total. The molecule has 0 amide bonds. The highest BCUT2D eigenvalue weighted by molar-refractivity contribution is 7.99. The van der Waals surface area contributed by atoms with Gasteiger partial charge in [-0.15, -0.1) is 23.5 Å². The molecule has 1 saturated heterocycles. The third-order valence-electron chi connectivity index (χ3n) is 3.71. The van der Waals surface area contributed by atoms with Crippen molar-refractivity contribution in [3.05, 3.63) is 24.3 Å². The van der Waals surface area contributed by atoms with Crippen molar-refractivity contribution in [2.45, 2.75) is 29.1 Å². The van der Waals surface area contributed by atoms with Crippen molar-refractivity contribution in [3.63, 3.8) is 0 Å². The fourth-order valence-electron chi connectivity index (χ4n) is 2.36. The summed E-state index contributed by atoms with van der Waals surface area (Å²) in [7, 11) is 0. The van der Waals surface area contributed by atoms with Gasteiger partial charge >= 0.3 is 0 Å². The smallest absolute Gasteiger partial charge is 0.0691 e. The number of rotatable bonds is 5. The molecule has 0 unspecified atom stereocenters. The molecule has 1 heterocycles. The van der Waals surface area contributed by atoms with Gasteiger partial charge in [-0.2, -0.15) is 5.26 Å². The van der Waals surface area contributed by atoms with Crippen molar-refractivity contribution < 1.29 is 0 Å². The van der Waals surface area contributed by atoms with Crippen LogP contribution < -0.4 is 5.32 Å². The lowest BCUT2D eigenvalue weighted by atomic mass is 9.78. The van der Waals surface area contributed by atoms with Gasteiger partial charge in [0, 0.05) is 9.79 Å². The van der Waals surface area contributed by atoms with Gasteiger partial charge in [0.05, 0.1) is 11.5 Å². The van der Waals surface area contributed by atoms with E-state index in [-0.39, 0.29) is 5.41 Å². The number of nitrogens with one attached hydrogen (secondary N) is 1. The largest absolute Gasteiger partial charge is 0.317 e. The first-order valence-electron chi connectivity index (χ1n) is 6.67. The second-order valence-electron chi connectivity index (χ2n) is 4.92. The molecule has 1 aromatic rings. The minimum Gasteiger partial charge on any atom is -0.317 e. The van der Waals surface area contributed by atoms with Crippen LogP contribution in [0.5, 0.6) is 0 Å². The van der Waals surface area contributed by atoms with Crippen LogP contribution in [0.15, 0.2) is 34.1 Å². The second kappa shape index (κ2) is 7.23. The highest BCUT2D eigenvalue weighted by Crippen LogP contribution is 2.34. The molecule has 0 aromatic heterocycles. The van der Waals surface area contributed by atoms with E-state index < -0.39 is 0 Å². The zero-order chi connectivity index (χ0) is 13.6. The number of hydrogen-bond donors (Lipinski definition) is 1. The molecule has 102 valence electrons. The molecule has 0 saturated carbocycles.